The first kappa shape index (κ1) is 15.9. The highest BCUT2D eigenvalue weighted by molar-refractivity contribution is 6.31. The molecule has 1 N–H and O–H groups in total. The molecule has 0 saturated carbocycles. The monoisotopic (exact) mass is 287 g/mol. The molecule has 1 saturated heterocycles. The van der Waals surface area contributed by atoms with Crippen LogP contribution >= 0.6 is 11.6 Å². The van der Waals surface area contributed by atoms with Crippen LogP contribution in [0.5, 0.6) is 0 Å². The minimum absolute atomic E-state index is 0.301. The van der Waals surface area contributed by atoms with Gasteiger partial charge in [-0.25, -0.2) is 4.39 Å². The first-order valence-electron chi connectivity index (χ1n) is 6.26. The average Bonchev–Trinajstić information content (AvgIpc) is 2.84. The Hall–Kier alpha value is -1.13. The standard InChI is InChI=1S/C14H19ClFNO2/c1-4-10(15)6-11(9(3)16)12-7-17-8-13(12)14(18)19-5-2/h4,6,12-13,17H,3,5,7-8H2,1-2H3/b10-4+,11-6+/t12-,13-/m0/s1. The van der Waals surface area contributed by atoms with Gasteiger partial charge in [-0.1, -0.05) is 24.3 Å². The lowest BCUT2D eigenvalue weighted by Crippen LogP contribution is -2.26. The molecular formula is C14H19ClFNO2. The lowest BCUT2D eigenvalue weighted by Gasteiger charge is -2.19. The first-order valence-corrected chi connectivity index (χ1v) is 6.64. The van der Waals surface area contributed by atoms with E-state index in [4.69, 9.17) is 16.3 Å². The molecule has 0 unspecified atom stereocenters. The molecule has 0 radical (unpaired) electrons. The molecule has 0 aromatic carbocycles. The predicted molar refractivity (Wildman–Crippen MR) is 74.4 cm³/mol. The van der Waals surface area contributed by atoms with Crippen LogP contribution in [0.15, 0.2) is 35.2 Å². The van der Waals surface area contributed by atoms with Crippen molar-refractivity contribution in [1.29, 1.82) is 0 Å². The molecule has 2 atom stereocenters. The van der Waals surface area contributed by atoms with Gasteiger partial charge in [-0.15, -0.1) is 0 Å². The third kappa shape index (κ3) is 4.18. The number of allylic oxidation sites excluding steroid dienone is 4. The van der Waals surface area contributed by atoms with Crippen molar-refractivity contribution >= 4 is 17.6 Å². The summed E-state index contributed by atoms with van der Waals surface area (Å²) in [5.41, 5.74) is 0.353. The van der Waals surface area contributed by atoms with E-state index >= 15 is 0 Å². The Morgan fingerprint density at radius 2 is 2.16 bits per heavy atom. The van der Waals surface area contributed by atoms with Gasteiger partial charge in [-0.3, -0.25) is 4.79 Å². The maximum atomic E-state index is 13.6. The van der Waals surface area contributed by atoms with E-state index in [-0.39, 0.29) is 11.9 Å². The van der Waals surface area contributed by atoms with Crippen LogP contribution in [0.4, 0.5) is 4.39 Å². The molecule has 19 heavy (non-hydrogen) atoms. The van der Waals surface area contributed by atoms with Gasteiger partial charge in [0.1, 0.15) is 5.83 Å². The zero-order chi connectivity index (χ0) is 14.4. The molecule has 0 spiro atoms. The summed E-state index contributed by atoms with van der Waals surface area (Å²) < 4.78 is 18.6. The summed E-state index contributed by atoms with van der Waals surface area (Å²) in [6, 6.07) is 0. The minimum Gasteiger partial charge on any atom is -0.466 e. The zero-order valence-electron chi connectivity index (χ0n) is 11.2. The molecule has 0 amide bonds. The van der Waals surface area contributed by atoms with Crippen LogP contribution in [0.25, 0.3) is 0 Å². The Morgan fingerprint density at radius 3 is 2.68 bits per heavy atom. The predicted octanol–water partition coefficient (Wildman–Crippen LogP) is 2.94. The van der Waals surface area contributed by atoms with E-state index in [1.807, 2.05) is 0 Å². The Balaban J connectivity index is 2.99. The van der Waals surface area contributed by atoms with Crippen molar-refractivity contribution in [2.45, 2.75) is 13.8 Å². The molecule has 1 aliphatic rings. The molecule has 1 rings (SSSR count). The van der Waals surface area contributed by atoms with Gasteiger partial charge >= 0.3 is 5.97 Å². The molecule has 3 nitrogen and oxygen atoms in total. The highest BCUT2D eigenvalue weighted by Crippen LogP contribution is 2.31. The van der Waals surface area contributed by atoms with Crippen molar-refractivity contribution < 1.29 is 13.9 Å². The van der Waals surface area contributed by atoms with E-state index in [2.05, 4.69) is 11.9 Å². The smallest absolute Gasteiger partial charge is 0.310 e. The second-order valence-electron chi connectivity index (χ2n) is 4.30. The van der Waals surface area contributed by atoms with E-state index in [0.29, 0.717) is 30.3 Å². The molecule has 0 bridgehead atoms. The fraction of sp³-hybridized carbons (Fsp3) is 0.500. The first-order chi connectivity index (χ1) is 9.01. The number of hydrogen-bond acceptors (Lipinski definition) is 3. The maximum absolute atomic E-state index is 13.6. The molecule has 0 aromatic heterocycles. The number of hydrogen-bond donors (Lipinski definition) is 1. The van der Waals surface area contributed by atoms with Crippen molar-refractivity contribution in [2.24, 2.45) is 11.8 Å². The van der Waals surface area contributed by atoms with Gasteiger partial charge in [-0.05, 0) is 25.5 Å². The van der Waals surface area contributed by atoms with Crippen LogP contribution in [0, 0.1) is 11.8 Å². The van der Waals surface area contributed by atoms with Crippen LogP contribution in [-0.2, 0) is 9.53 Å². The summed E-state index contributed by atoms with van der Waals surface area (Å²) in [4.78, 5) is 11.8. The summed E-state index contributed by atoms with van der Waals surface area (Å²) in [6.45, 7) is 8.12. The van der Waals surface area contributed by atoms with Crippen molar-refractivity contribution in [3.8, 4) is 0 Å². The van der Waals surface area contributed by atoms with Gasteiger partial charge < -0.3 is 10.1 Å². The number of nitrogens with one attached hydrogen (secondary N) is 1. The van der Waals surface area contributed by atoms with E-state index in [1.54, 1.807) is 19.9 Å². The highest BCUT2D eigenvalue weighted by atomic mass is 35.5. The molecule has 106 valence electrons. The summed E-state index contributed by atoms with van der Waals surface area (Å²) in [7, 11) is 0. The molecule has 1 aliphatic heterocycles. The van der Waals surface area contributed by atoms with Crippen molar-refractivity contribution in [2.75, 3.05) is 19.7 Å². The van der Waals surface area contributed by atoms with E-state index in [1.165, 1.54) is 6.08 Å². The van der Waals surface area contributed by atoms with Gasteiger partial charge in [0.2, 0.25) is 0 Å². The molecule has 1 fully saturated rings. The number of halogens is 2. The summed E-state index contributed by atoms with van der Waals surface area (Å²) >= 11 is 5.91. The van der Waals surface area contributed by atoms with E-state index in [9.17, 15) is 9.18 Å². The number of esters is 1. The van der Waals surface area contributed by atoms with Gasteiger partial charge in [0, 0.05) is 24.0 Å². The Bertz CT molecular complexity index is 418. The molecule has 5 heteroatoms. The van der Waals surface area contributed by atoms with E-state index < -0.39 is 11.7 Å². The van der Waals surface area contributed by atoms with Gasteiger partial charge in [0.25, 0.3) is 0 Å². The van der Waals surface area contributed by atoms with Crippen molar-refractivity contribution in [1.82, 2.24) is 5.32 Å². The molecule has 1 heterocycles. The summed E-state index contributed by atoms with van der Waals surface area (Å²) in [6.07, 6.45) is 3.18. The maximum Gasteiger partial charge on any atom is 0.310 e. The largest absolute Gasteiger partial charge is 0.466 e. The summed E-state index contributed by atoms with van der Waals surface area (Å²) in [5, 5.41) is 3.50. The normalized spacial score (nSPS) is 24.4. The van der Waals surface area contributed by atoms with Crippen LogP contribution in [0.1, 0.15) is 13.8 Å². The van der Waals surface area contributed by atoms with Crippen LogP contribution in [0.2, 0.25) is 0 Å². The van der Waals surface area contributed by atoms with Crippen molar-refractivity contribution in [3.05, 3.63) is 35.2 Å². The number of ether oxygens (including phenoxy) is 1. The molecule has 0 aromatic rings. The lowest BCUT2D eigenvalue weighted by molar-refractivity contribution is -0.148. The minimum atomic E-state index is -0.567. The fourth-order valence-corrected chi connectivity index (χ4v) is 2.24. The second kappa shape index (κ2) is 7.46. The quantitative estimate of drug-likeness (QED) is 0.624. The lowest BCUT2D eigenvalue weighted by atomic mass is 9.87. The van der Waals surface area contributed by atoms with Crippen LogP contribution in [0.3, 0.4) is 0 Å². The SMILES string of the molecule is C=C(F)/C(=C\C(Cl)=C/C)[C@@H]1CNC[C@@H]1C(=O)OCC. The van der Waals surface area contributed by atoms with Crippen molar-refractivity contribution in [3.63, 3.8) is 0 Å². The van der Waals surface area contributed by atoms with Crippen LogP contribution < -0.4 is 5.32 Å². The average molecular weight is 288 g/mol. The van der Waals surface area contributed by atoms with E-state index in [0.717, 1.165) is 0 Å². The third-order valence-corrected chi connectivity index (χ3v) is 3.41. The Labute approximate surface area is 118 Å². The van der Waals surface area contributed by atoms with Gasteiger partial charge in [-0.2, -0.15) is 0 Å². The molecular weight excluding hydrogens is 269 g/mol. The number of carbonyl (C=O) groups excluding carboxylic acids is 1. The Morgan fingerprint density at radius 1 is 1.53 bits per heavy atom. The number of carbonyl (C=O) groups is 1. The topological polar surface area (TPSA) is 38.3 Å². The summed E-state index contributed by atoms with van der Waals surface area (Å²) in [5.74, 6) is -1.59. The van der Waals surface area contributed by atoms with Gasteiger partial charge in [0.15, 0.2) is 0 Å². The van der Waals surface area contributed by atoms with Gasteiger partial charge in [0.05, 0.1) is 12.5 Å². The second-order valence-corrected chi connectivity index (χ2v) is 4.74. The fourth-order valence-electron chi connectivity index (χ4n) is 2.12. The highest BCUT2D eigenvalue weighted by Gasteiger charge is 2.37. The zero-order valence-corrected chi connectivity index (χ0v) is 12.0. The third-order valence-electron chi connectivity index (χ3n) is 3.09. The number of rotatable bonds is 5. The Kier molecular flexibility index (Phi) is 6.25. The van der Waals surface area contributed by atoms with Crippen LogP contribution in [-0.4, -0.2) is 25.7 Å². The molecule has 0 aliphatic carbocycles.